The van der Waals surface area contributed by atoms with E-state index in [1.807, 2.05) is 62.4 Å². The third-order valence-electron chi connectivity index (χ3n) is 6.01. The number of amides is 2. The summed E-state index contributed by atoms with van der Waals surface area (Å²) in [6.45, 7) is 4.99. The minimum atomic E-state index is -1.86. The van der Waals surface area contributed by atoms with Crippen LogP contribution in [0.25, 0.3) is 6.08 Å². The first-order valence-electron chi connectivity index (χ1n) is 13.1. The molecule has 4 atom stereocenters. The highest BCUT2D eigenvalue weighted by Crippen LogP contribution is 2.26. The van der Waals surface area contributed by atoms with Gasteiger partial charge in [-0.1, -0.05) is 122 Å². The van der Waals surface area contributed by atoms with Crippen molar-refractivity contribution in [3.63, 3.8) is 0 Å². The van der Waals surface area contributed by atoms with Crippen molar-refractivity contribution >= 4 is 58.8 Å². The fraction of sp³-hybridized carbons (Fsp3) is 0.387. The summed E-state index contributed by atoms with van der Waals surface area (Å²) < 4.78 is 14.7. The molecule has 0 spiro atoms. The fourth-order valence-electron chi connectivity index (χ4n) is 3.93. The van der Waals surface area contributed by atoms with Gasteiger partial charge in [0.25, 0.3) is 5.91 Å². The van der Waals surface area contributed by atoms with E-state index in [1.54, 1.807) is 27.2 Å². The van der Waals surface area contributed by atoms with E-state index in [0.29, 0.717) is 5.57 Å². The zero-order chi connectivity index (χ0) is 31.7. The number of carbonyl (C=O) groups is 3. The number of imide groups is 1. The molecular formula is C31H38Cl3NO7. The molecule has 0 heterocycles. The number of allylic oxidation sites excluding steroid dienone is 4. The van der Waals surface area contributed by atoms with Crippen molar-refractivity contribution in [2.24, 2.45) is 11.8 Å². The zero-order valence-corrected chi connectivity index (χ0v) is 26.6. The summed E-state index contributed by atoms with van der Waals surface area (Å²) in [7, 11) is 3.30. The van der Waals surface area contributed by atoms with Gasteiger partial charge in [-0.2, -0.15) is 0 Å². The Balaban J connectivity index is 3.01. The number of carboxylic acids is 1. The Morgan fingerprint density at radius 2 is 1.67 bits per heavy atom. The molecule has 1 aromatic rings. The number of ether oxygens (including phenoxy) is 3. The Morgan fingerprint density at radius 3 is 2.24 bits per heavy atom. The maximum atomic E-state index is 13.0. The number of aliphatic carboxylic acids is 1. The second-order valence-electron chi connectivity index (χ2n) is 9.38. The Kier molecular flexibility index (Phi) is 17.1. The number of hydrogen-bond donors (Lipinski definition) is 1. The van der Waals surface area contributed by atoms with E-state index in [4.69, 9.17) is 54.1 Å². The molecule has 0 bridgehead atoms. The quantitative estimate of drug-likeness (QED) is 0.124. The van der Waals surface area contributed by atoms with Gasteiger partial charge in [-0.3, -0.25) is 4.79 Å². The molecule has 0 saturated carbocycles. The number of carbonyl (C=O) groups excluding carboxylic acids is 2. The van der Waals surface area contributed by atoms with E-state index < -0.39 is 28.4 Å². The lowest BCUT2D eigenvalue weighted by Crippen LogP contribution is -2.38. The smallest absolute Gasteiger partial charge is 0.417 e. The van der Waals surface area contributed by atoms with Crippen LogP contribution in [-0.4, -0.2) is 71.3 Å². The van der Waals surface area contributed by atoms with Crippen LogP contribution in [-0.2, 0) is 23.8 Å². The number of halogens is 3. The predicted octanol–water partition coefficient (Wildman–Crippen LogP) is 7.04. The molecule has 0 fully saturated rings. The molecule has 1 N–H and O–H groups in total. The van der Waals surface area contributed by atoms with Crippen LogP contribution in [0.1, 0.15) is 26.3 Å². The third-order valence-corrected chi connectivity index (χ3v) is 6.34. The lowest BCUT2D eigenvalue weighted by Gasteiger charge is -2.30. The molecular weight excluding hydrogens is 605 g/mol. The topological polar surface area (TPSA) is 102 Å². The lowest BCUT2D eigenvalue weighted by atomic mass is 9.88. The summed E-state index contributed by atoms with van der Waals surface area (Å²) in [4.78, 5) is 37.0. The van der Waals surface area contributed by atoms with Gasteiger partial charge in [-0.25, -0.2) is 14.5 Å². The molecule has 0 aliphatic heterocycles. The monoisotopic (exact) mass is 641 g/mol. The van der Waals surface area contributed by atoms with E-state index in [9.17, 15) is 14.4 Å². The van der Waals surface area contributed by atoms with Crippen LogP contribution in [0.3, 0.4) is 0 Å². The van der Waals surface area contributed by atoms with Crippen molar-refractivity contribution in [2.75, 3.05) is 27.4 Å². The number of benzene rings is 1. The molecule has 11 heteroatoms. The third kappa shape index (κ3) is 14.8. The van der Waals surface area contributed by atoms with Crippen LogP contribution in [0.2, 0.25) is 0 Å². The van der Waals surface area contributed by atoms with Gasteiger partial charge < -0.3 is 19.3 Å². The lowest BCUT2D eigenvalue weighted by molar-refractivity contribution is -0.131. The summed E-state index contributed by atoms with van der Waals surface area (Å²) in [6.07, 6.45) is 12.5. The van der Waals surface area contributed by atoms with Crippen molar-refractivity contribution in [1.82, 2.24) is 4.90 Å². The van der Waals surface area contributed by atoms with Gasteiger partial charge >= 0.3 is 12.1 Å². The van der Waals surface area contributed by atoms with Gasteiger partial charge in [0.15, 0.2) is 0 Å². The SMILES string of the molecule is CO[C@H]([C@H](C)[C@H](/C=C/c1ccccc1)OC)[C@@H](C)/C=C/C(C)=C/C(=O)N(C/C=C\C=C/C(=O)O)C(=O)OCC(Cl)(Cl)Cl. The van der Waals surface area contributed by atoms with E-state index in [0.717, 1.165) is 16.5 Å². The number of hydrogen-bond acceptors (Lipinski definition) is 6. The standard InChI is InChI=1S/C31H38Cl3NO7/c1-22(20-27(36)35(19-11-7-10-14-28(37)38)30(39)42-21-31(32,33)34)15-16-23(2)29(41-5)24(3)26(40-4)18-17-25-12-8-6-9-13-25/h6-18,20,23-24,26,29H,19,21H2,1-5H3,(H,37,38)/b11-7-,14-10-,16-15+,18-17+,22-20+/t23-,24+,26-,29-/m0/s1. The first-order chi connectivity index (χ1) is 19.8. The van der Waals surface area contributed by atoms with Crippen molar-refractivity contribution in [3.05, 3.63) is 90.1 Å². The van der Waals surface area contributed by atoms with Crippen molar-refractivity contribution in [1.29, 1.82) is 0 Å². The van der Waals surface area contributed by atoms with Crippen LogP contribution in [0, 0.1) is 11.8 Å². The van der Waals surface area contributed by atoms with E-state index in [1.165, 1.54) is 24.3 Å². The predicted molar refractivity (Wildman–Crippen MR) is 168 cm³/mol. The summed E-state index contributed by atoms with van der Waals surface area (Å²) in [5, 5.41) is 8.69. The van der Waals surface area contributed by atoms with Crippen molar-refractivity contribution < 1.29 is 33.7 Å². The Morgan fingerprint density at radius 1 is 1.00 bits per heavy atom. The van der Waals surface area contributed by atoms with E-state index in [-0.39, 0.29) is 30.6 Å². The molecule has 8 nitrogen and oxygen atoms in total. The van der Waals surface area contributed by atoms with Gasteiger partial charge in [0, 0.05) is 38.2 Å². The van der Waals surface area contributed by atoms with Crippen LogP contribution >= 0.6 is 34.8 Å². The van der Waals surface area contributed by atoms with E-state index >= 15 is 0 Å². The van der Waals surface area contributed by atoms with E-state index in [2.05, 4.69) is 0 Å². The van der Waals surface area contributed by atoms with Crippen molar-refractivity contribution in [3.8, 4) is 0 Å². The Labute approximate surface area is 262 Å². The molecule has 2 amide bonds. The van der Waals surface area contributed by atoms with Crippen LogP contribution < -0.4 is 0 Å². The number of nitrogens with zero attached hydrogens (tertiary/aromatic N) is 1. The van der Waals surface area contributed by atoms with Gasteiger partial charge in [-0.05, 0) is 18.1 Å². The first-order valence-corrected chi connectivity index (χ1v) is 14.2. The number of alkyl halides is 3. The molecule has 0 radical (unpaired) electrons. The van der Waals surface area contributed by atoms with Gasteiger partial charge in [0.2, 0.25) is 3.79 Å². The second kappa shape index (κ2) is 19.3. The highest BCUT2D eigenvalue weighted by Gasteiger charge is 2.28. The molecule has 1 aromatic carbocycles. The largest absolute Gasteiger partial charge is 0.478 e. The number of rotatable bonds is 15. The van der Waals surface area contributed by atoms with Crippen molar-refractivity contribution in [2.45, 2.75) is 36.8 Å². The minimum Gasteiger partial charge on any atom is -0.478 e. The number of methoxy groups -OCH3 is 2. The molecule has 0 aliphatic rings. The maximum Gasteiger partial charge on any atom is 0.417 e. The molecule has 0 saturated heterocycles. The molecule has 230 valence electrons. The van der Waals surface area contributed by atoms with Crippen LogP contribution in [0.5, 0.6) is 0 Å². The van der Waals surface area contributed by atoms with Crippen LogP contribution in [0.15, 0.2) is 84.5 Å². The fourth-order valence-corrected chi connectivity index (χ4v) is 4.09. The Bertz CT molecular complexity index is 1160. The second-order valence-corrected chi connectivity index (χ2v) is 11.9. The number of carboxylic acid groups (broad SMARTS) is 1. The summed E-state index contributed by atoms with van der Waals surface area (Å²) in [5.74, 6) is -1.87. The first kappa shape index (κ1) is 37.1. The van der Waals surface area contributed by atoms with Gasteiger partial charge in [-0.15, -0.1) is 0 Å². The molecule has 1 rings (SSSR count). The molecule has 42 heavy (non-hydrogen) atoms. The molecule has 0 aromatic heterocycles. The normalized spacial score (nSPS) is 15.8. The van der Waals surface area contributed by atoms with Gasteiger partial charge in [0.05, 0.1) is 18.8 Å². The molecule has 0 unspecified atom stereocenters. The average Bonchev–Trinajstić information content (AvgIpc) is 2.93. The zero-order valence-electron chi connectivity index (χ0n) is 24.3. The summed E-state index contributed by atoms with van der Waals surface area (Å²) in [5.41, 5.74) is 1.63. The average molecular weight is 643 g/mol. The molecule has 0 aliphatic carbocycles. The minimum absolute atomic E-state index is 0.00401. The highest BCUT2D eigenvalue weighted by molar-refractivity contribution is 6.67. The highest BCUT2D eigenvalue weighted by atomic mass is 35.6. The summed E-state index contributed by atoms with van der Waals surface area (Å²) >= 11 is 17.0. The van der Waals surface area contributed by atoms with Crippen LogP contribution in [0.4, 0.5) is 4.79 Å². The van der Waals surface area contributed by atoms with Gasteiger partial charge in [0.1, 0.15) is 6.61 Å². The Hall–Kier alpha value is -2.88. The maximum absolute atomic E-state index is 13.0. The summed E-state index contributed by atoms with van der Waals surface area (Å²) in [6, 6.07) is 9.93.